The van der Waals surface area contributed by atoms with Crippen molar-refractivity contribution < 1.29 is 4.79 Å². The average Bonchev–Trinajstić information content (AvgIpc) is 1.88. The van der Waals surface area contributed by atoms with E-state index in [-0.39, 0.29) is 11.8 Å². The highest BCUT2D eigenvalue weighted by Gasteiger charge is 2.22. The Hall–Kier alpha value is -0.570. The van der Waals surface area contributed by atoms with Crippen LogP contribution in [0.1, 0.15) is 13.3 Å². The maximum atomic E-state index is 10.7. The van der Waals surface area contributed by atoms with Crippen LogP contribution < -0.4 is 11.1 Å². The molecule has 2 atom stereocenters. The van der Waals surface area contributed by atoms with Crippen molar-refractivity contribution in [2.24, 2.45) is 17.6 Å². The molecule has 3 nitrogen and oxygen atoms in total. The number of carbonyl (C=O) groups is 1. The number of hydrogen-bond donors (Lipinski definition) is 2. The molecule has 1 saturated heterocycles. The molecule has 1 amide bonds. The highest BCUT2D eigenvalue weighted by molar-refractivity contribution is 5.76. The SMILES string of the molecule is CC1CNC[C@@H](C(N)=O)C1. The summed E-state index contributed by atoms with van der Waals surface area (Å²) in [5.41, 5.74) is 5.15. The molecule has 10 heavy (non-hydrogen) atoms. The molecule has 1 aliphatic rings. The van der Waals surface area contributed by atoms with Gasteiger partial charge >= 0.3 is 0 Å². The molecule has 58 valence electrons. The van der Waals surface area contributed by atoms with Crippen molar-refractivity contribution in [3.05, 3.63) is 0 Å². The molecule has 0 bridgehead atoms. The molecule has 3 N–H and O–H groups in total. The van der Waals surface area contributed by atoms with E-state index in [1.165, 1.54) is 0 Å². The lowest BCUT2D eigenvalue weighted by molar-refractivity contribution is -0.122. The summed E-state index contributed by atoms with van der Waals surface area (Å²) in [6.07, 6.45) is 0.947. The predicted octanol–water partition coefficient (Wildman–Crippen LogP) is -0.283. The van der Waals surface area contributed by atoms with Gasteiger partial charge in [0.05, 0.1) is 5.92 Å². The third-order valence-electron chi connectivity index (χ3n) is 1.97. The van der Waals surface area contributed by atoms with Gasteiger partial charge in [-0.3, -0.25) is 4.79 Å². The highest BCUT2D eigenvalue weighted by Crippen LogP contribution is 2.14. The lowest BCUT2D eigenvalue weighted by Gasteiger charge is -2.25. The van der Waals surface area contributed by atoms with Gasteiger partial charge in [-0.05, 0) is 18.9 Å². The van der Waals surface area contributed by atoms with Gasteiger partial charge in [0, 0.05) is 6.54 Å². The zero-order valence-corrected chi connectivity index (χ0v) is 6.26. The number of nitrogens with two attached hydrogens (primary N) is 1. The van der Waals surface area contributed by atoms with Crippen LogP contribution in [0, 0.1) is 11.8 Å². The Morgan fingerprint density at radius 3 is 2.70 bits per heavy atom. The highest BCUT2D eigenvalue weighted by atomic mass is 16.1. The van der Waals surface area contributed by atoms with Crippen LogP contribution in [0.3, 0.4) is 0 Å². The topological polar surface area (TPSA) is 55.1 Å². The first kappa shape index (κ1) is 7.54. The molecule has 0 aromatic carbocycles. The van der Waals surface area contributed by atoms with Gasteiger partial charge in [0.15, 0.2) is 0 Å². The Bertz CT molecular complexity index is 136. The molecule has 3 heteroatoms. The van der Waals surface area contributed by atoms with Crippen LogP contribution in [-0.2, 0) is 4.79 Å². The van der Waals surface area contributed by atoms with E-state index in [4.69, 9.17) is 5.73 Å². The molecular formula is C7H14N2O. The minimum atomic E-state index is -0.168. The molecule has 1 heterocycles. The minimum Gasteiger partial charge on any atom is -0.369 e. The van der Waals surface area contributed by atoms with E-state index in [1.807, 2.05) is 0 Å². The van der Waals surface area contributed by atoms with Gasteiger partial charge in [-0.25, -0.2) is 0 Å². The smallest absolute Gasteiger partial charge is 0.221 e. The van der Waals surface area contributed by atoms with Gasteiger partial charge in [0.1, 0.15) is 0 Å². The van der Waals surface area contributed by atoms with Crippen molar-refractivity contribution in [1.82, 2.24) is 5.32 Å². The van der Waals surface area contributed by atoms with Crippen molar-refractivity contribution in [1.29, 1.82) is 0 Å². The fraction of sp³-hybridized carbons (Fsp3) is 0.857. The molecular weight excluding hydrogens is 128 g/mol. The van der Waals surface area contributed by atoms with Crippen LogP contribution >= 0.6 is 0 Å². The van der Waals surface area contributed by atoms with Crippen molar-refractivity contribution in [2.75, 3.05) is 13.1 Å². The van der Waals surface area contributed by atoms with Gasteiger partial charge in [0.2, 0.25) is 5.91 Å². The number of rotatable bonds is 1. The van der Waals surface area contributed by atoms with E-state index in [1.54, 1.807) is 0 Å². The van der Waals surface area contributed by atoms with E-state index in [0.717, 1.165) is 19.5 Å². The largest absolute Gasteiger partial charge is 0.369 e. The van der Waals surface area contributed by atoms with Crippen molar-refractivity contribution in [3.8, 4) is 0 Å². The summed E-state index contributed by atoms with van der Waals surface area (Å²) in [5.74, 6) is 0.481. The second kappa shape index (κ2) is 3.01. The van der Waals surface area contributed by atoms with Gasteiger partial charge in [0.25, 0.3) is 0 Å². The Morgan fingerprint density at radius 1 is 1.60 bits per heavy atom. The average molecular weight is 142 g/mol. The Morgan fingerprint density at radius 2 is 2.30 bits per heavy atom. The van der Waals surface area contributed by atoms with Gasteiger partial charge in [-0.2, -0.15) is 0 Å². The maximum Gasteiger partial charge on any atom is 0.221 e. The van der Waals surface area contributed by atoms with Crippen molar-refractivity contribution >= 4 is 5.91 Å². The fourth-order valence-corrected chi connectivity index (χ4v) is 1.37. The van der Waals surface area contributed by atoms with Crippen LogP contribution in [0.4, 0.5) is 0 Å². The van der Waals surface area contributed by atoms with Crippen LogP contribution in [0.25, 0.3) is 0 Å². The molecule has 0 aliphatic carbocycles. The first-order valence-electron chi connectivity index (χ1n) is 3.70. The summed E-state index contributed by atoms with van der Waals surface area (Å²) in [6, 6.07) is 0. The summed E-state index contributed by atoms with van der Waals surface area (Å²) < 4.78 is 0. The van der Waals surface area contributed by atoms with Crippen molar-refractivity contribution in [3.63, 3.8) is 0 Å². The molecule has 1 aliphatic heterocycles. The lowest BCUT2D eigenvalue weighted by atomic mass is 9.91. The minimum absolute atomic E-state index is 0.0590. The van der Waals surface area contributed by atoms with E-state index in [0.29, 0.717) is 5.92 Å². The number of piperidine rings is 1. The molecule has 1 rings (SSSR count). The lowest BCUT2D eigenvalue weighted by Crippen LogP contribution is -2.41. The fourth-order valence-electron chi connectivity index (χ4n) is 1.37. The number of carbonyl (C=O) groups excluding carboxylic acids is 1. The van der Waals surface area contributed by atoms with Gasteiger partial charge in [-0.1, -0.05) is 6.92 Å². The van der Waals surface area contributed by atoms with Crippen LogP contribution in [0.5, 0.6) is 0 Å². The third kappa shape index (κ3) is 1.70. The standard InChI is InChI=1S/C7H14N2O/c1-5-2-6(7(8)10)4-9-3-5/h5-6,9H,2-4H2,1H3,(H2,8,10)/t5?,6-/m0/s1. The number of primary amides is 1. The zero-order valence-electron chi connectivity index (χ0n) is 6.26. The molecule has 1 fully saturated rings. The third-order valence-corrected chi connectivity index (χ3v) is 1.97. The van der Waals surface area contributed by atoms with Crippen LogP contribution in [0.15, 0.2) is 0 Å². The summed E-state index contributed by atoms with van der Waals surface area (Å²) in [6.45, 7) is 3.91. The zero-order chi connectivity index (χ0) is 7.56. The maximum absolute atomic E-state index is 10.7. The van der Waals surface area contributed by atoms with E-state index in [2.05, 4.69) is 12.2 Å². The molecule has 0 radical (unpaired) electrons. The molecule has 0 aromatic heterocycles. The summed E-state index contributed by atoms with van der Waals surface area (Å²) >= 11 is 0. The summed E-state index contributed by atoms with van der Waals surface area (Å²) in [7, 11) is 0. The van der Waals surface area contributed by atoms with E-state index >= 15 is 0 Å². The Kier molecular flexibility index (Phi) is 2.27. The predicted molar refractivity (Wildman–Crippen MR) is 39.3 cm³/mol. The normalized spacial score (nSPS) is 33.7. The number of hydrogen-bond acceptors (Lipinski definition) is 2. The number of nitrogens with one attached hydrogen (secondary N) is 1. The van der Waals surface area contributed by atoms with Gasteiger partial charge in [-0.15, -0.1) is 0 Å². The quantitative estimate of drug-likeness (QED) is 0.529. The second-order valence-corrected chi connectivity index (χ2v) is 3.10. The molecule has 0 spiro atoms. The van der Waals surface area contributed by atoms with Crippen molar-refractivity contribution in [2.45, 2.75) is 13.3 Å². The Labute approximate surface area is 61.0 Å². The monoisotopic (exact) mass is 142 g/mol. The molecule has 0 aromatic rings. The number of amides is 1. The second-order valence-electron chi connectivity index (χ2n) is 3.10. The summed E-state index contributed by atoms with van der Waals surface area (Å²) in [5, 5.41) is 3.17. The van der Waals surface area contributed by atoms with E-state index < -0.39 is 0 Å². The van der Waals surface area contributed by atoms with Crippen LogP contribution in [0.2, 0.25) is 0 Å². The first-order valence-corrected chi connectivity index (χ1v) is 3.70. The van der Waals surface area contributed by atoms with Crippen LogP contribution in [-0.4, -0.2) is 19.0 Å². The summed E-state index contributed by atoms with van der Waals surface area (Å²) in [4.78, 5) is 10.7. The van der Waals surface area contributed by atoms with E-state index in [9.17, 15) is 4.79 Å². The molecule has 1 unspecified atom stereocenters. The van der Waals surface area contributed by atoms with Gasteiger partial charge < -0.3 is 11.1 Å². The molecule has 0 saturated carbocycles. The first-order chi connectivity index (χ1) is 4.70. The Balaban J connectivity index is 2.39.